The second-order valence-electron chi connectivity index (χ2n) is 5.23. The molecule has 0 aliphatic rings. The SMILES string of the molecule is CC(=O)Sc1cc(C)ccc1/C=N/S(=O)C(C)(C)C. The van der Waals surface area contributed by atoms with Crippen LogP contribution in [0.1, 0.15) is 38.8 Å². The molecule has 0 N–H and O–H groups in total. The number of hydrogen-bond donors (Lipinski definition) is 0. The van der Waals surface area contributed by atoms with Crippen LogP contribution in [-0.2, 0) is 15.8 Å². The summed E-state index contributed by atoms with van der Waals surface area (Å²) in [6, 6.07) is 5.78. The van der Waals surface area contributed by atoms with Crippen molar-refractivity contribution >= 4 is 34.1 Å². The molecule has 0 aliphatic heterocycles. The second kappa shape index (κ2) is 6.48. The number of nitrogens with zero attached hydrogens (tertiary/aromatic N) is 1. The molecular weight excluding hydrogens is 278 g/mol. The molecule has 0 spiro atoms. The molecule has 3 nitrogen and oxygen atoms in total. The normalized spacial score (nSPS) is 13.7. The third-order valence-corrected chi connectivity index (χ3v) is 4.44. The van der Waals surface area contributed by atoms with E-state index >= 15 is 0 Å². The van der Waals surface area contributed by atoms with Crippen LogP contribution < -0.4 is 0 Å². The molecule has 0 saturated heterocycles. The van der Waals surface area contributed by atoms with Gasteiger partial charge in [0, 0.05) is 23.6 Å². The molecule has 0 aromatic heterocycles. The fraction of sp³-hybridized carbons (Fsp3) is 0.429. The van der Waals surface area contributed by atoms with E-state index in [1.807, 2.05) is 45.9 Å². The molecule has 0 heterocycles. The average Bonchev–Trinajstić information content (AvgIpc) is 2.25. The Hall–Kier alpha value is -0.940. The lowest BCUT2D eigenvalue weighted by Crippen LogP contribution is -2.19. The van der Waals surface area contributed by atoms with Crippen LogP contribution >= 0.6 is 11.8 Å². The van der Waals surface area contributed by atoms with Crippen LogP contribution in [0.15, 0.2) is 27.5 Å². The number of hydrogen-bond acceptors (Lipinski definition) is 3. The van der Waals surface area contributed by atoms with E-state index in [2.05, 4.69) is 4.40 Å². The molecule has 1 aromatic rings. The molecule has 1 rings (SSSR count). The first-order chi connectivity index (χ1) is 8.70. The van der Waals surface area contributed by atoms with Crippen molar-refractivity contribution in [3.05, 3.63) is 29.3 Å². The van der Waals surface area contributed by atoms with E-state index in [0.29, 0.717) is 0 Å². The molecule has 5 heteroatoms. The van der Waals surface area contributed by atoms with E-state index in [-0.39, 0.29) is 9.86 Å². The minimum Gasteiger partial charge on any atom is -0.287 e. The van der Waals surface area contributed by atoms with Gasteiger partial charge in [0.2, 0.25) is 0 Å². The maximum atomic E-state index is 11.9. The summed E-state index contributed by atoms with van der Waals surface area (Å²) in [5, 5.41) is 0.0252. The van der Waals surface area contributed by atoms with Crippen LogP contribution in [0.4, 0.5) is 0 Å². The molecule has 0 amide bonds. The Morgan fingerprint density at radius 3 is 2.53 bits per heavy atom. The minimum atomic E-state index is -1.29. The van der Waals surface area contributed by atoms with Crippen molar-refractivity contribution in [2.75, 3.05) is 0 Å². The van der Waals surface area contributed by atoms with Crippen LogP contribution in [0.5, 0.6) is 0 Å². The van der Waals surface area contributed by atoms with Crippen molar-refractivity contribution < 1.29 is 9.00 Å². The van der Waals surface area contributed by atoms with Gasteiger partial charge in [0.15, 0.2) is 5.12 Å². The maximum absolute atomic E-state index is 11.9. The highest BCUT2D eigenvalue weighted by atomic mass is 32.2. The highest BCUT2D eigenvalue weighted by Crippen LogP contribution is 2.24. The monoisotopic (exact) mass is 297 g/mol. The smallest absolute Gasteiger partial charge is 0.190 e. The third kappa shape index (κ3) is 5.28. The van der Waals surface area contributed by atoms with Crippen LogP contribution in [-0.4, -0.2) is 20.3 Å². The van der Waals surface area contributed by atoms with E-state index in [4.69, 9.17) is 0 Å². The van der Waals surface area contributed by atoms with Crippen molar-refractivity contribution in [3.63, 3.8) is 0 Å². The molecule has 1 atom stereocenters. The number of thioether (sulfide) groups is 1. The molecule has 19 heavy (non-hydrogen) atoms. The largest absolute Gasteiger partial charge is 0.287 e. The van der Waals surface area contributed by atoms with Gasteiger partial charge in [0.1, 0.15) is 11.0 Å². The van der Waals surface area contributed by atoms with Crippen molar-refractivity contribution in [2.24, 2.45) is 4.40 Å². The summed E-state index contributed by atoms with van der Waals surface area (Å²) >= 11 is 1.17. The zero-order valence-corrected chi connectivity index (χ0v) is 13.5. The Bertz CT molecular complexity index is 531. The van der Waals surface area contributed by atoms with Crippen molar-refractivity contribution in [1.82, 2.24) is 0 Å². The Balaban J connectivity index is 3.04. The lowest BCUT2D eigenvalue weighted by Gasteiger charge is -2.13. The third-order valence-electron chi connectivity index (χ3n) is 2.23. The fourth-order valence-corrected chi connectivity index (χ4v) is 2.57. The average molecular weight is 297 g/mol. The first-order valence-electron chi connectivity index (χ1n) is 5.95. The molecule has 1 unspecified atom stereocenters. The molecule has 104 valence electrons. The number of benzene rings is 1. The van der Waals surface area contributed by atoms with E-state index in [9.17, 15) is 9.00 Å². The lowest BCUT2D eigenvalue weighted by molar-refractivity contribution is -0.109. The molecule has 0 bridgehead atoms. The predicted molar refractivity (Wildman–Crippen MR) is 83.2 cm³/mol. The van der Waals surface area contributed by atoms with Gasteiger partial charge in [-0.3, -0.25) is 4.79 Å². The van der Waals surface area contributed by atoms with E-state index in [0.717, 1.165) is 16.0 Å². The van der Waals surface area contributed by atoms with Crippen LogP contribution in [0.2, 0.25) is 0 Å². The highest BCUT2D eigenvalue weighted by molar-refractivity contribution is 8.13. The summed E-state index contributed by atoms with van der Waals surface area (Å²) in [6.45, 7) is 9.13. The van der Waals surface area contributed by atoms with Crippen molar-refractivity contribution in [3.8, 4) is 0 Å². The fourth-order valence-electron chi connectivity index (χ4n) is 1.25. The molecular formula is C14H19NO2S2. The van der Waals surface area contributed by atoms with E-state index < -0.39 is 11.0 Å². The number of rotatable bonds is 3. The van der Waals surface area contributed by atoms with Gasteiger partial charge in [-0.2, -0.15) is 4.40 Å². The van der Waals surface area contributed by atoms with Crippen LogP contribution in [0.25, 0.3) is 0 Å². The standard InChI is InChI=1S/C14H19NO2S2/c1-10-6-7-12(13(8-10)18-11(2)16)9-15-19(17)14(3,4)5/h6-9H,1-5H3/b15-9+. The Labute approximate surface area is 121 Å². The van der Waals surface area contributed by atoms with Gasteiger partial charge >= 0.3 is 0 Å². The molecule has 0 radical (unpaired) electrons. The maximum Gasteiger partial charge on any atom is 0.190 e. The Morgan fingerprint density at radius 2 is 2.00 bits per heavy atom. The summed E-state index contributed by atoms with van der Waals surface area (Å²) in [7, 11) is -1.29. The van der Waals surface area contributed by atoms with Gasteiger partial charge in [0.05, 0.1) is 4.75 Å². The summed E-state index contributed by atoms with van der Waals surface area (Å²) in [4.78, 5) is 12.1. The first kappa shape index (κ1) is 16.1. The zero-order valence-electron chi connectivity index (χ0n) is 11.9. The van der Waals surface area contributed by atoms with Crippen molar-refractivity contribution in [1.29, 1.82) is 0 Å². The first-order valence-corrected chi connectivity index (χ1v) is 7.87. The summed E-state index contributed by atoms with van der Waals surface area (Å²) in [5.74, 6) is 0. The van der Waals surface area contributed by atoms with Gasteiger partial charge in [-0.1, -0.05) is 23.9 Å². The quantitative estimate of drug-likeness (QED) is 0.633. The Kier molecular flexibility index (Phi) is 5.50. The highest BCUT2D eigenvalue weighted by Gasteiger charge is 2.18. The van der Waals surface area contributed by atoms with E-state index in [1.165, 1.54) is 18.7 Å². The summed E-state index contributed by atoms with van der Waals surface area (Å²) in [6.07, 6.45) is 1.59. The van der Waals surface area contributed by atoms with Crippen LogP contribution in [0, 0.1) is 6.92 Å². The number of carbonyl (C=O) groups excluding carboxylic acids is 1. The van der Waals surface area contributed by atoms with Gasteiger partial charge in [-0.15, -0.1) is 0 Å². The van der Waals surface area contributed by atoms with Crippen LogP contribution in [0.3, 0.4) is 0 Å². The van der Waals surface area contributed by atoms with Gasteiger partial charge in [-0.05, 0) is 39.3 Å². The predicted octanol–water partition coefficient (Wildman–Crippen LogP) is 3.51. The minimum absolute atomic E-state index is 0.0252. The number of aryl methyl sites for hydroxylation is 1. The molecule has 0 aliphatic carbocycles. The second-order valence-corrected chi connectivity index (χ2v) is 8.38. The molecule has 0 saturated carbocycles. The van der Waals surface area contributed by atoms with Gasteiger partial charge < -0.3 is 0 Å². The van der Waals surface area contributed by atoms with Crippen molar-refractivity contribution in [2.45, 2.75) is 44.3 Å². The molecule has 0 fully saturated rings. The number of carbonyl (C=O) groups is 1. The van der Waals surface area contributed by atoms with E-state index in [1.54, 1.807) is 6.21 Å². The van der Waals surface area contributed by atoms with Gasteiger partial charge in [-0.25, -0.2) is 4.21 Å². The van der Waals surface area contributed by atoms with Gasteiger partial charge in [0.25, 0.3) is 0 Å². The molecule has 1 aromatic carbocycles. The topological polar surface area (TPSA) is 46.5 Å². The Morgan fingerprint density at radius 1 is 1.37 bits per heavy atom. The zero-order chi connectivity index (χ0) is 14.6. The lowest BCUT2D eigenvalue weighted by atomic mass is 10.2. The summed E-state index contributed by atoms with van der Waals surface area (Å²) in [5.41, 5.74) is 1.90. The summed E-state index contributed by atoms with van der Waals surface area (Å²) < 4.78 is 15.6.